The molecule has 0 aliphatic carbocycles. The molecule has 0 saturated carbocycles. The van der Waals surface area contributed by atoms with Gasteiger partial charge in [0.2, 0.25) is 5.91 Å². The summed E-state index contributed by atoms with van der Waals surface area (Å²) in [6.45, 7) is 3.09. The summed E-state index contributed by atoms with van der Waals surface area (Å²) in [4.78, 5) is 41.1. The van der Waals surface area contributed by atoms with E-state index >= 15 is 0 Å². The number of H-pyrrole nitrogens is 1. The minimum Gasteiger partial charge on any atom is -0.466 e. The number of hydrogen-bond acceptors (Lipinski definition) is 6. The lowest BCUT2D eigenvalue weighted by Gasteiger charge is -2.31. The third kappa shape index (κ3) is 4.82. The van der Waals surface area contributed by atoms with Gasteiger partial charge >= 0.3 is 5.97 Å². The van der Waals surface area contributed by atoms with E-state index in [4.69, 9.17) is 4.74 Å². The number of aryl methyl sites for hydroxylation is 1. The number of nitrogens with zero attached hydrogens (tertiary/aromatic N) is 3. The summed E-state index contributed by atoms with van der Waals surface area (Å²) in [7, 11) is 0. The molecule has 1 amide bonds. The van der Waals surface area contributed by atoms with Crippen LogP contribution in [-0.4, -0.2) is 51.7 Å². The average molecular weight is 384 g/mol. The number of carbonyl (C=O) groups excluding carboxylic acids is 2. The molecule has 0 radical (unpaired) electrons. The maximum absolute atomic E-state index is 12.5. The fraction of sp³-hybridized carbons (Fsp3) is 0.450. The Morgan fingerprint density at radius 2 is 2.04 bits per heavy atom. The van der Waals surface area contributed by atoms with Crippen LogP contribution in [0.25, 0.3) is 11.4 Å². The molecule has 1 saturated heterocycles. The molecule has 3 rings (SSSR count). The predicted molar refractivity (Wildman–Crippen MR) is 102 cm³/mol. The van der Waals surface area contributed by atoms with Crippen molar-refractivity contribution < 1.29 is 14.3 Å². The van der Waals surface area contributed by atoms with Crippen molar-refractivity contribution in [1.82, 2.24) is 20.1 Å². The van der Waals surface area contributed by atoms with Crippen LogP contribution >= 0.6 is 0 Å². The Morgan fingerprint density at radius 1 is 1.25 bits per heavy atom. The minimum absolute atomic E-state index is 0.0951. The lowest BCUT2D eigenvalue weighted by molar-refractivity contribution is -0.151. The van der Waals surface area contributed by atoms with Gasteiger partial charge in [-0.15, -0.1) is 10.2 Å². The molecule has 1 aliphatic rings. The van der Waals surface area contributed by atoms with E-state index in [1.165, 1.54) is 0 Å². The average Bonchev–Trinajstić information content (AvgIpc) is 2.73. The summed E-state index contributed by atoms with van der Waals surface area (Å²) < 4.78 is 5.06. The van der Waals surface area contributed by atoms with Gasteiger partial charge in [0.1, 0.15) is 5.69 Å². The van der Waals surface area contributed by atoms with Crippen LogP contribution < -0.4 is 5.56 Å². The Hall–Kier alpha value is -3.03. The van der Waals surface area contributed by atoms with Crippen molar-refractivity contribution in [2.75, 3.05) is 19.7 Å². The molecule has 8 heteroatoms. The number of hydrogen-bond donors (Lipinski definition) is 1. The summed E-state index contributed by atoms with van der Waals surface area (Å²) in [6, 6.07) is 9.25. The third-order valence-electron chi connectivity index (χ3n) is 4.78. The summed E-state index contributed by atoms with van der Waals surface area (Å²) in [5.41, 5.74) is 0.657. The number of rotatable bonds is 6. The first-order valence-corrected chi connectivity index (χ1v) is 9.54. The van der Waals surface area contributed by atoms with E-state index in [1.54, 1.807) is 11.8 Å². The molecule has 1 atom stereocenters. The van der Waals surface area contributed by atoms with Crippen molar-refractivity contribution in [2.24, 2.45) is 5.92 Å². The fourth-order valence-electron chi connectivity index (χ4n) is 3.29. The zero-order valence-corrected chi connectivity index (χ0v) is 15.9. The quantitative estimate of drug-likeness (QED) is 0.758. The smallest absolute Gasteiger partial charge is 0.310 e. The van der Waals surface area contributed by atoms with Gasteiger partial charge in [-0.05, 0) is 19.8 Å². The zero-order chi connectivity index (χ0) is 19.9. The first-order valence-electron chi connectivity index (χ1n) is 9.54. The number of piperidine rings is 1. The van der Waals surface area contributed by atoms with Crippen LogP contribution in [0.4, 0.5) is 0 Å². The molecular weight excluding hydrogens is 360 g/mol. The van der Waals surface area contributed by atoms with Gasteiger partial charge in [0, 0.05) is 31.5 Å². The van der Waals surface area contributed by atoms with E-state index in [1.807, 2.05) is 30.3 Å². The highest BCUT2D eigenvalue weighted by molar-refractivity contribution is 5.78. The third-order valence-corrected chi connectivity index (χ3v) is 4.78. The summed E-state index contributed by atoms with van der Waals surface area (Å²) in [5, 5.41) is 8.06. The van der Waals surface area contributed by atoms with Gasteiger partial charge in [-0.25, -0.2) is 0 Å². The van der Waals surface area contributed by atoms with Crippen LogP contribution in [0.3, 0.4) is 0 Å². The Kier molecular flexibility index (Phi) is 6.52. The lowest BCUT2D eigenvalue weighted by atomic mass is 9.98. The number of esters is 1. The van der Waals surface area contributed by atoms with Crippen molar-refractivity contribution in [1.29, 1.82) is 0 Å². The van der Waals surface area contributed by atoms with Crippen molar-refractivity contribution in [2.45, 2.75) is 32.6 Å². The second-order valence-electron chi connectivity index (χ2n) is 6.75. The van der Waals surface area contributed by atoms with Gasteiger partial charge in [-0.3, -0.25) is 14.4 Å². The molecule has 1 fully saturated rings. The molecule has 1 aromatic carbocycles. The largest absolute Gasteiger partial charge is 0.466 e. The number of carbonyl (C=O) groups is 2. The molecule has 1 N–H and O–H groups in total. The van der Waals surface area contributed by atoms with Gasteiger partial charge in [-0.1, -0.05) is 30.3 Å². The number of benzene rings is 1. The van der Waals surface area contributed by atoms with Gasteiger partial charge in [0.25, 0.3) is 5.56 Å². The summed E-state index contributed by atoms with van der Waals surface area (Å²) in [5.74, 6) is -0.221. The number of nitrogens with one attached hydrogen (secondary N) is 1. The van der Waals surface area contributed by atoms with E-state index in [0.29, 0.717) is 25.5 Å². The van der Waals surface area contributed by atoms with Gasteiger partial charge < -0.3 is 14.6 Å². The molecule has 1 unspecified atom stereocenters. The van der Waals surface area contributed by atoms with Crippen molar-refractivity contribution >= 4 is 11.9 Å². The second kappa shape index (κ2) is 9.25. The molecule has 8 nitrogen and oxygen atoms in total. The zero-order valence-electron chi connectivity index (χ0n) is 15.9. The van der Waals surface area contributed by atoms with Crippen LogP contribution in [-0.2, 0) is 20.7 Å². The van der Waals surface area contributed by atoms with Crippen LogP contribution in [0.5, 0.6) is 0 Å². The maximum atomic E-state index is 12.5. The van der Waals surface area contributed by atoms with Crippen LogP contribution in [0.2, 0.25) is 0 Å². The number of ether oxygens (including phenoxy) is 1. The van der Waals surface area contributed by atoms with Crippen molar-refractivity contribution in [3.8, 4) is 11.4 Å². The molecule has 2 heterocycles. The summed E-state index contributed by atoms with van der Waals surface area (Å²) in [6.07, 6.45) is 1.85. The van der Waals surface area contributed by atoms with Crippen LogP contribution in [0, 0.1) is 5.92 Å². The highest BCUT2D eigenvalue weighted by atomic mass is 16.5. The van der Waals surface area contributed by atoms with Crippen LogP contribution in [0.15, 0.2) is 35.1 Å². The highest BCUT2D eigenvalue weighted by Gasteiger charge is 2.29. The van der Waals surface area contributed by atoms with Crippen molar-refractivity contribution in [3.05, 3.63) is 46.4 Å². The topological polar surface area (TPSA) is 105 Å². The van der Waals surface area contributed by atoms with E-state index in [-0.39, 0.29) is 41.9 Å². The number of likely N-dealkylation sites (tertiary alicyclic amines) is 1. The Labute approximate surface area is 162 Å². The second-order valence-corrected chi connectivity index (χ2v) is 6.75. The first-order chi connectivity index (χ1) is 13.6. The Bertz CT molecular complexity index is 881. The van der Waals surface area contributed by atoms with Crippen LogP contribution in [0.1, 0.15) is 31.9 Å². The number of amides is 1. The minimum atomic E-state index is -0.343. The van der Waals surface area contributed by atoms with Crippen molar-refractivity contribution in [3.63, 3.8) is 0 Å². The van der Waals surface area contributed by atoms with E-state index in [0.717, 1.165) is 18.4 Å². The molecule has 0 spiro atoms. The predicted octanol–water partition coefficient (Wildman–Crippen LogP) is 1.57. The normalized spacial score (nSPS) is 16.6. The highest BCUT2D eigenvalue weighted by Crippen LogP contribution is 2.19. The first kappa shape index (κ1) is 19.7. The number of aromatic amines is 1. The Morgan fingerprint density at radius 3 is 2.75 bits per heavy atom. The maximum Gasteiger partial charge on any atom is 0.310 e. The molecular formula is C20H24N4O4. The molecule has 28 heavy (non-hydrogen) atoms. The fourth-order valence-corrected chi connectivity index (χ4v) is 3.29. The standard InChI is InChI=1S/C20H24N4O4/c1-2-28-20(27)15-9-6-12-24(13-15)17(25)11-10-16-19(26)21-18(23-22-16)14-7-4-3-5-8-14/h3-5,7-8,15H,2,6,9-13H2,1H3,(H,21,23,26). The molecule has 1 aliphatic heterocycles. The Balaban J connectivity index is 1.58. The molecule has 0 bridgehead atoms. The number of aromatic nitrogens is 3. The summed E-state index contributed by atoms with van der Waals surface area (Å²) >= 11 is 0. The van der Waals surface area contributed by atoms with E-state index < -0.39 is 0 Å². The van der Waals surface area contributed by atoms with Gasteiger partial charge in [-0.2, -0.15) is 0 Å². The van der Waals surface area contributed by atoms with Gasteiger partial charge in [0.15, 0.2) is 5.82 Å². The SMILES string of the molecule is CCOC(=O)C1CCCN(C(=O)CCc2nnc(-c3ccccc3)[nH]c2=O)C1. The molecule has 148 valence electrons. The lowest BCUT2D eigenvalue weighted by Crippen LogP contribution is -2.43. The molecule has 2 aromatic rings. The molecule has 1 aromatic heterocycles. The van der Waals surface area contributed by atoms with Gasteiger partial charge in [0.05, 0.1) is 12.5 Å². The van der Waals surface area contributed by atoms with E-state index in [2.05, 4.69) is 15.2 Å². The monoisotopic (exact) mass is 384 g/mol. The van der Waals surface area contributed by atoms with E-state index in [9.17, 15) is 14.4 Å².